The molecule has 1 aromatic carbocycles. The van der Waals surface area contributed by atoms with E-state index < -0.39 is 5.54 Å². The Bertz CT molecular complexity index is 477. The van der Waals surface area contributed by atoms with Crippen molar-refractivity contribution in [3.05, 3.63) is 27.7 Å². The molecule has 1 heterocycles. The summed E-state index contributed by atoms with van der Waals surface area (Å²) in [4.78, 5) is 12.0. The van der Waals surface area contributed by atoms with Gasteiger partial charge < -0.3 is 10.5 Å². The van der Waals surface area contributed by atoms with Gasteiger partial charge in [-0.25, -0.2) is 0 Å². The van der Waals surface area contributed by atoms with Crippen molar-refractivity contribution in [1.29, 1.82) is 0 Å². The molecule has 0 radical (unpaired) electrons. The van der Waals surface area contributed by atoms with E-state index in [0.717, 1.165) is 22.2 Å². The summed E-state index contributed by atoms with van der Waals surface area (Å²) in [7, 11) is 0. The zero-order chi connectivity index (χ0) is 13.3. The molecule has 0 amide bonds. The highest BCUT2D eigenvalue weighted by Crippen LogP contribution is 2.33. The first-order chi connectivity index (χ1) is 8.35. The molecular formula is C14H18BrNO2. The van der Waals surface area contributed by atoms with Crippen molar-refractivity contribution >= 4 is 21.7 Å². The molecule has 2 rings (SSSR count). The third-order valence-corrected chi connectivity index (χ3v) is 3.32. The van der Waals surface area contributed by atoms with Gasteiger partial charge in [0.25, 0.3) is 0 Å². The number of benzene rings is 1. The Morgan fingerprint density at radius 3 is 2.89 bits per heavy atom. The summed E-state index contributed by atoms with van der Waals surface area (Å²) in [5, 5.41) is 0. The van der Waals surface area contributed by atoms with Gasteiger partial charge in [0.2, 0.25) is 0 Å². The van der Waals surface area contributed by atoms with E-state index in [4.69, 9.17) is 10.5 Å². The highest BCUT2D eigenvalue weighted by atomic mass is 79.9. The number of ether oxygens (including phenoxy) is 1. The zero-order valence-corrected chi connectivity index (χ0v) is 12.3. The third kappa shape index (κ3) is 3.33. The first-order valence-corrected chi connectivity index (χ1v) is 6.89. The molecular weight excluding hydrogens is 294 g/mol. The summed E-state index contributed by atoms with van der Waals surface area (Å²) in [6.45, 7) is 4.44. The van der Waals surface area contributed by atoms with Gasteiger partial charge in [0.1, 0.15) is 11.5 Å². The highest BCUT2D eigenvalue weighted by Gasteiger charge is 2.21. The van der Waals surface area contributed by atoms with E-state index >= 15 is 0 Å². The Labute approximate surface area is 116 Å². The average Bonchev–Trinajstić information content (AvgIpc) is 2.61. The van der Waals surface area contributed by atoms with Crippen LogP contribution in [0.25, 0.3) is 0 Å². The molecule has 0 spiro atoms. The van der Waals surface area contributed by atoms with Gasteiger partial charge in [-0.05, 0) is 31.5 Å². The molecule has 18 heavy (non-hydrogen) atoms. The second-order valence-corrected chi connectivity index (χ2v) is 6.45. The molecule has 0 unspecified atom stereocenters. The van der Waals surface area contributed by atoms with Gasteiger partial charge in [0, 0.05) is 34.8 Å². The van der Waals surface area contributed by atoms with Gasteiger partial charge in [-0.1, -0.05) is 15.9 Å². The molecule has 0 aliphatic carbocycles. The summed E-state index contributed by atoms with van der Waals surface area (Å²) in [5.41, 5.74) is 7.56. The number of hydrogen-bond acceptors (Lipinski definition) is 3. The fourth-order valence-corrected chi connectivity index (χ4v) is 2.81. The average molecular weight is 312 g/mol. The summed E-state index contributed by atoms with van der Waals surface area (Å²) in [5.74, 6) is 1.04. The Morgan fingerprint density at radius 1 is 1.50 bits per heavy atom. The van der Waals surface area contributed by atoms with Crippen LogP contribution in [0.4, 0.5) is 0 Å². The molecule has 1 aliphatic heterocycles. The number of carbonyl (C=O) groups excluding carboxylic acids is 1. The minimum Gasteiger partial charge on any atom is -0.493 e. The van der Waals surface area contributed by atoms with Gasteiger partial charge in [-0.15, -0.1) is 0 Å². The fraction of sp³-hybridized carbons (Fsp3) is 0.500. The van der Waals surface area contributed by atoms with Crippen LogP contribution in [0, 0.1) is 0 Å². The largest absolute Gasteiger partial charge is 0.493 e. The van der Waals surface area contributed by atoms with Gasteiger partial charge >= 0.3 is 0 Å². The highest BCUT2D eigenvalue weighted by molar-refractivity contribution is 9.10. The van der Waals surface area contributed by atoms with Crippen LogP contribution in [0.5, 0.6) is 5.75 Å². The summed E-state index contributed by atoms with van der Waals surface area (Å²) >= 11 is 3.48. The van der Waals surface area contributed by atoms with E-state index in [1.54, 1.807) is 0 Å². The van der Waals surface area contributed by atoms with E-state index in [-0.39, 0.29) is 5.78 Å². The van der Waals surface area contributed by atoms with E-state index in [0.29, 0.717) is 19.4 Å². The second kappa shape index (κ2) is 5.02. The van der Waals surface area contributed by atoms with E-state index in [1.165, 1.54) is 5.56 Å². The Kier molecular flexibility index (Phi) is 3.78. The molecule has 98 valence electrons. The van der Waals surface area contributed by atoms with Crippen LogP contribution >= 0.6 is 15.9 Å². The third-order valence-electron chi connectivity index (χ3n) is 2.87. The number of ketones is 1. The Morgan fingerprint density at radius 2 is 2.22 bits per heavy atom. The van der Waals surface area contributed by atoms with Gasteiger partial charge in [-0.2, -0.15) is 0 Å². The number of carbonyl (C=O) groups is 1. The van der Waals surface area contributed by atoms with Gasteiger partial charge in [-0.3, -0.25) is 4.79 Å². The molecule has 0 aromatic heterocycles. The lowest BCUT2D eigenvalue weighted by molar-refractivity contribution is -0.119. The maximum absolute atomic E-state index is 12.0. The Hall–Kier alpha value is -0.870. The molecule has 0 bridgehead atoms. The normalized spacial score (nSPS) is 14.2. The van der Waals surface area contributed by atoms with Crippen LogP contribution in [0.1, 0.15) is 31.4 Å². The van der Waals surface area contributed by atoms with Crippen molar-refractivity contribution in [2.24, 2.45) is 5.73 Å². The number of Topliss-reactive ketones (excluding diaryl/α,β-unsaturated/α-hetero) is 1. The van der Waals surface area contributed by atoms with Gasteiger partial charge in [0.15, 0.2) is 0 Å². The van der Waals surface area contributed by atoms with E-state index in [9.17, 15) is 4.79 Å². The van der Waals surface area contributed by atoms with Crippen LogP contribution in [0.2, 0.25) is 0 Å². The van der Waals surface area contributed by atoms with Crippen LogP contribution < -0.4 is 10.5 Å². The fourth-order valence-electron chi connectivity index (χ4n) is 2.26. The number of hydrogen-bond donors (Lipinski definition) is 1. The lowest BCUT2D eigenvalue weighted by atomic mass is 9.94. The first-order valence-electron chi connectivity index (χ1n) is 6.10. The predicted octanol–water partition coefficient (Wildman–Crippen LogP) is 2.62. The molecule has 0 atom stereocenters. The predicted molar refractivity (Wildman–Crippen MR) is 74.9 cm³/mol. The molecule has 1 aliphatic rings. The van der Waals surface area contributed by atoms with Crippen LogP contribution in [0.3, 0.4) is 0 Å². The number of rotatable bonds is 4. The quantitative estimate of drug-likeness (QED) is 0.930. The molecule has 3 nitrogen and oxygen atoms in total. The zero-order valence-electron chi connectivity index (χ0n) is 10.8. The van der Waals surface area contributed by atoms with Crippen molar-refractivity contribution in [2.45, 2.75) is 38.6 Å². The Balaban J connectivity index is 2.17. The summed E-state index contributed by atoms with van der Waals surface area (Å²) in [6, 6.07) is 4.02. The number of fused-ring (bicyclic) bond motifs is 1. The monoisotopic (exact) mass is 311 g/mol. The second-order valence-electron chi connectivity index (χ2n) is 5.53. The summed E-state index contributed by atoms with van der Waals surface area (Å²) in [6.07, 6.45) is 1.69. The molecule has 0 saturated carbocycles. The molecule has 1 aromatic rings. The van der Waals surface area contributed by atoms with E-state index in [1.807, 2.05) is 19.9 Å². The SMILES string of the molecule is CC(C)(N)CC(=O)Cc1cc(Br)cc2c1OCC2. The molecule has 0 fully saturated rings. The molecule has 0 saturated heterocycles. The van der Waals surface area contributed by atoms with Gasteiger partial charge in [0.05, 0.1) is 6.61 Å². The van der Waals surface area contributed by atoms with Crippen molar-refractivity contribution in [1.82, 2.24) is 0 Å². The lowest BCUT2D eigenvalue weighted by Gasteiger charge is -2.17. The van der Waals surface area contributed by atoms with Crippen molar-refractivity contribution in [2.75, 3.05) is 6.61 Å². The molecule has 2 N–H and O–H groups in total. The first kappa shape index (κ1) is 13.6. The standard InChI is InChI=1S/C14H18BrNO2/c1-14(2,16)8-12(17)7-10-6-11(15)5-9-3-4-18-13(9)10/h5-6H,3-4,7-8,16H2,1-2H3. The van der Waals surface area contributed by atoms with E-state index in [2.05, 4.69) is 22.0 Å². The van der Waals surface area contributed by atoms with Crippen molar-refractivity contribution in [3.8, 4) is 5.75 Å². The van der Waals surface area contributed by atoms with Crippen molar-refractivity contribution < 1.29 is 9.53 Å². The van der Waals surface area contributed by atoms with Crippen molar-refractivity contribution in [3.63, 3.8) is 0 Å². The van der Waals surface area contributed by atoms with Crippen LogP contribution in [-0.2, 0) is 17.6 Å². The minimum absolute atomic E-state index is 0.151. The van der Waals surface area contributed by atoms with Crippen LogP contribution in [0.15, 0.2) is 16.6 Å². The molecule has 4 heteroatoms. The minimum atomic E-state index is -0.451. The number of nitrogens with two attached hydrogens (primary N) is 1. The van der Waals surface area contributed by atoms with Crippen LogP contribution in [-0.4, -0.2) is 17.9 Å². The number of halogens is 1. The topological polar surface area (TPSA) is 52.3 Å². The summed E-state index contributed by atoms with van der Waals surface area (Å²) < 4.78 is 6.61. The smallest absolute Gasteiger partial charge is 0.139 e. The lowest BCUT2D eigenvalue weighted by Crippen LogP contribution is -2.35. The maximum Gasteiger partial charge on any atom is 0.139 e. The maximum atomic E-state index is 12.0.